The second-order valence-electron chi connectivity index (χ2n) is 6.82. The van der Waals surface area contributed by atoms with Crippen molar-refractivity contribution >= 4 is 15.9 Å². The van der Waals surface area contributed by atoms with Gasteiger partial charge in [-0.15, -0.1) is 0 Å². The molecule has 0 aliphatic rings. The van der Waals surface area contributed by atoms with Crippen LogP contribution in [0.3, 0.4) is 0 Å². The van der Waals surface area contributed by atoms with Crippen LogP contribution in [-0.2, 0) is 27.4 Å². The third-order valence-corrected chi connectivity index (χ3v) is 6.81. The van der Waals surface area contributed by atoms with Crippen LogP contribution in [0.5, 0.6) is 0 Å². The lowest BCUT2D eigenvalue weighted by Gasteiger charge is -2.19. The van der Waals surface area contributed by atoms with Gasteiger partial charge in [-0.2, -0.15) is 17.5 Å². The Morgan fingerprint density at radius 1 is 1.00 bits per heavy atom. The Bertz CT molecular complexity index is 952. The lowest BCUT2D eigenvalue weighted by atomic mass is 10.1. The van der Waals surface area contributed by atoms with Gasteiger partial charge in [0.1, 0.15) is 0 Å². The van der Waals surface area contributed by atoms with Gasteiger partial charge in [-0.25, -0.2) is 8.42 Å². The molecule has 30 heavy (non-hydrogen) atoms. The fourth-order valence-electron chi connectivity index (χ4n) is 3.01. The molecule has 2 rings (SSSR count). The summed E-state index contributed by atoms with van der Waals surface area (Å²) in [6.07, 6.45) is -4.48. The molecular weight excluding hydrogens is 417 g/mol. The average Bonchev–Trinajstić information content (AvgIpc) is 2.68. The molecule has 0 bridgehead atoms. The van der Waals surface area contributed by atoms with Crippen molar-refractivity contribution in [3.05, 3.63) is 65.2 Å². The zero-order chi connectivity index (χ0) is 22.5. The zero-order valence-electron chi connectivity index (χ0n) is 17.0. The summed E-state index contributed by atoms with van der Waals surface area (Å²) in [5.74, 6) is -0.345. The van der Waals surface area contributed by atoms with Gasteiger partial charge in [-0.05, 0) is 42.3 Å². The highest BCUT2D eigenvalue weighted by Crippen LogP contribution is 2.29. The summed E-state index contributed by atoms with van der Waals surface area (Å²) < 4.78 is 64.2. The van der Waals surface area contributed by atoms with Crippen LogP contribution in [0.4, 0.5) is 13.2 Å². The number of carbonyl (C=O) groups excluding carboxylic acids is 1. The molecule has 5 nitrogen and oxygen atoms in total. The lowest BCUT2D eigenvalue weighted by Crippen LogP contribution is -2.30. The standard InChI is InChI=1S/C21H25F3N2O3S/c1-4-26(5-2)30(28,29)19-12-8-17(9-13-19)15(3)25-20(27)14-16-6-10-18(11-7-16)21(22,23)24/h6-13,15H,4-5,14H2,1-3H3,(H,25,27). The zero-order valence-corrected chi connectivity index (χ0v) is 17.8. The predicted molar refractivity (Wildman–Crippen MR) is 108 cm³/mol. The minimum Gasteiger partial charge on any atom is -0.349 e. The van der Waals surface area contributed by atoms with E-state index in [1.165, 1.54) is 28.6 Å². The summed E-state index contributed by atoms with van der Waals surface area (Å²) in [4.78, 5) is 12.4. The lowest BCUT2D eigenvalue weighted by molar-refractivity contribution is -0.137. The van der Waals surface area contributed by atoms with Crippen LogP contribution in [0.1, 0.15) is 43.5 Å². The van der Waals surface area contributed by atoms with Gasteiger partial charge in [-0.1, -0.05) is 38.1 Å². The molecule has 2 aromatic rings. The van der Waals surface area contributed by atoms with Crippen molar-refractivity contribution in [3.8, 4) is 0 Å². The van der Waals surface area contributed by atoms with Crippen LogP contribution >= 0.6 is 0 Å². The smallest absolute Gasteiger partial charge is 0.349 e. The van der Waals surface area contributed by atoms with Gasteiger partial charge in [0, 0.05) is 13.1 Å². The van der Waals surface area contributed by atoms with Gasteiger partial charge in [-0.3, -0.25) is 4.79 Å². The number of alkyl halides is 3. The Morgan fingerprint density at radius 3 is 2.00 bits per heavy atom. The Balaban J connectivity index is 2.02. The third kappa shape index (κ3) is 5.82. The molecule has 164 valence electrons. The van der Waals surface area contributed by atoms with Gasteiger partial charge in [0.15, 0.2) is 0 Å². The van der Waals surface area contributed by atoms with E-state index in [1.807, 2.05) is 0 Å². The number of amides is 1. The largest absolute Gasteiger partial charge is 0.416 e. The van der Waals surface area contributed by atoms with E-state index in [4.69, 9.17) is 0 Å². The number of nitrogens with one attached hydrogen (secondary N) is 1. The van der Waals surface area contributed by atoms with E-state index in [-0.39, 0.29) is 17.2 Å². The van der Waals surface area contributed by atoms with Crippen LogP contribution in [0.25, 0.3) is 0 Å². The summed E-state index contributed by atoms with van der Waals surface area (Å²) in [5, 5.41) is 2.77. The molecule has 9 heteroatoms. The van der Waals surface area contributed by atoms with Crippen molar-refractivity contribution in [2.75, 3.05) is 13.1 Å². The van der Waals surface area contributed by atoms with Gasteiger partial charge in [0.2, 0.25) is 15.9 Å². The Morgan fingerprint density at radius 2 is 1.53 bits per heavy atom. The maximum absolute atomic E-state index is 12.6. The fraction of sp³-hybridized carbons (Fsp3) is 0.381. The van der Waals surface area contributed by atoms with Crippen LogP contribution in [0.15, 0.2) is 53.4 Å². The molecule has 0 fully saturated rings. The molecule has 1 atom stereocenters. The number of carbonyl (C=O) groups is 1. The Labute approximate surface area is 175 Å². The van der Waals surface area contributed by atoms with Crippen LogP contribution in [-0.4, -0.2) is 31.7 Å². The molecule has 0 aliphatic heterocycles. The van der Waals surface area contributed by atoms with Gasteiger partial charge in [0.05, 0.1) is 22.9 Å². The SMILES string of the molecule is CCN(CC)S(=O)(=O)c1ccc(C(C)NC(=O)Cc2ccc(C(F)(F)F)cc2)cc1. The molecule has 0 saturated carbocycles. The van der Waals surface area contributed by atoms with Gasteiger partial charge in [0.25, 0.3) is 0 Å². The van der Waals surface area contributed by atoms with E-state index >= 15 is 0 Å². The van der Waals surface area contributed by atoms with Crippen molar-refractivity contribution in [1.29, 1.82) is 0 Å². The monoisotopic (exact) mass is 442 g/mol. The molecule has 1 amide bonds. The average molecular weight is 443 g/mol. The number of hydrogen-bond acceptors (Lipinski definition) is 3. The molecule has 0 saturated heterocycles. The Hall–Kier alpha value is -2.39. The summed E-state index contributed by atoms with van der Waals surface area (Å²) >= 11 is 0. The second kappa shape index (κ2) is 9.61. The van der Waals surface area contributed by atoms with E-state index in [0.29, 0.717) is 24.2 Å². The quantitative estimate of drug-likeness (QED) is 0.668. The second-order valence-corrected chi connectivity index (χ2v) is 8.76. The van der Waals surface area contributed by atoms with E-state index in [2.05, 4.69) is 5.32 Å². The minimum absolute atomic E-state index is 0.0586. The first-order valence-electron chi connectivity index (χ1n) is 9.54. The molecule has 1 unspecified atom stereocenters. The molecule has 0 aromatic heterocycles. The number of halogens is 3. The molecular formula is C21H25F3N2O3S. The summed E-state index contributed by atoms with van der Waals surface area (Å²) in [5.41, 5.74) is 0.419. The van der Waals surface area contributed by atoms with Crippen molar-refractivity contribution in [3.63, 3.8) is 0 Å². The van der Waals surface area contributed by atoms with Crippen molar-refractivity contribution in [2.24, 2.45) is 0 Å². The van der Waals surface area contributed by atoms with E-state index in [1.54, 1.807) is 32.9 Å². The highest BCUT2D eigenvalue weighted by Gasteiger charge is 2.30. The van der Waals surface area contributed by atoms with E-state index in [0.717, 1.165) is 12.1 Å². The van der Waals surface area contributed by atoms with Crippen molar-refractivity contribution < 1.29 is 26.4 Å². The molecule has 2 aromatic carbocycles. The van der Waals surface area contributed by atoms with Crippen LogP contribution < -0.4 is 5.32 Å². The maximum Gasteiger partial charge on any atom is 0.416 e. The summed E-state index contributed by atoms with van der Waals surface area (Å²) in [7, 11) is -3.56. The van der Waals surface area contributed by atoms with E-state index < -0.39 is 27.8 Å². The number of hydrogen-bond donors (Lipinski definition) is 1. The van der Waals surface area contributed by atoms with Gasteiger partial charge >= 0.3 is 6.18 Å². The maximum atomic E-state index is 12.6. The first-order chi connectivity index (χ1) is 14.0. The molecule has 0 spiro atoms. The number of rotatable bonds is 8. The summed E-state index contributed by atoms with van der Waals surface area (Å²) in [6, 6.07) is 10.3. The van der Waals surface area contributed by atoms with E-state index in [9.17, 15) is 26.4 Å². The first kappa shape index (κ1) is 23.9. The predicted octanol–water partition coefficient (Wildman–Crippen LogP) is 4.16. The number of sulfonamides is 1. The number of nitrogens with zero attached hydrogens (tertiary/aromatic N) is 1. The Kier molecular flexibility index (Phi) is 7.65. The minimum atomic E-state index is -4.42. The summed E-state index contributed by atoms with van der Waals surface area (Å²) in [6.45, 7) is 6.03. The van der Waals surface area contributed by atoms with Crippen molar-refractivity contribution in [2.45, 2.75) is 44.3 Å². The highest BCUT2D eigenvalue weighted by atomic mass is 32.2. The highest BCUT2D eigenvalue weighted by molar-refractivity contribution is 7.89. The molecule has 0 aliphatic carbocycles. The molecule has 0 radical (unpaired) electrons. The molecule has 0 heterocycles. The molecule has 1 N–H and O–H groups in total. The van der Waals surface area contributed by atoms with Crippen molar-refractivity contribution in [1.82, 2.24) is 9.62 Å². The van der Waals surface area contributed by atoms with Crippen LogP contribution in [0.2, 0.25) is 0 Å². The van der Waals surface area contributed by atoms with Gasteiger partial charge < -0.3 is 5.32 Å². The topological polar surface area (TPSA) is 66.5 Å². The fourth-order valence-corrected chi connectivity index (χ4v) is 4.47. The number of benzene rings is 2. The normalized spacial score (nSPS) is 13.3. The third-order valence-electron chi connectivity index (χ3n) is 4.75. The first-order valence-corrected chi connectivity index (χ1v) is 11.0. The van der Waals surface area contributed by atoms with Crippen LogP contribution in [0, 0.1) is 0 Å².